The van der Waals surface area contributed by atoms with Crippen LogP contribution in [0.25, 0.3) is 0 Å². The fourth-order valence-corrected chi connectivity index (χ4v) is 1.68. The number of carbonyl (C=O) groups is 1. The molecular formula is C13H18FNO3S. The molecule has 1 N–H and O–H groups in total. The first-order valence-electron chi connectivity index (χ1n) is 5.79. The second-order valence-corrected chi connectivity index (χ2v) is 7.80. The number of hydrogen-bond acceptors (Lipinski definition) is 3. The monoisotopic (exact) mass is 287 g/mol. The number of halogens is 1. The molecule has 4 nitrogen and oxygen atoms in total. The van der Waals surface area contributed by atoms with Crippen LogP contribution in [0.5, 0.6) is 0 Å². The summed E-state index contributed by atoms with van der Waals surface area (Å²) in [5.74, 6) is -1.20. The third-order valence-electron chi connectivity index (χ3n) is 3.11. The van der Waals surface area contributed by atoms with E-state index in [-0.39, 0.29) is 12.1 Å². The van der Waals surface area contributed by atoms with Gasteiger partial charge in [0.2, 0.25) is 0 Å². The van der Waals surface area contributed by atoms with Crippen molar-refractivity contribution in [2.45, 2.75) is 25.5 Å². The minimum absolute atomic E-state index is 0.0714. The van der Waals surface area contributed by atoms with Gasteiger partial charge in [-0.3, -0.25) is 4.79 Å². The van der Waals surface area contributed by atoms with Gasteiger partial charge in [0, 0.05) is 12.8 Å². The largest absolute Gasteiger partial charge is 0.350 e. The van der Waals surface area contributed by atoms with Gasteiger partial charge in [-0.2, -0.15) is 0 Å². The average molecular weight is 287 g/mol. The first-order chi connectivity index (χ1) is 8.56. The van der Waals surface area contributed by atoms with Crippen LogP contribution in [0.3, 0.4) is 0 Å². The summed E-state index contributed by atoms with van der Waals surface area (Å²) in [4.78, 5) is 11.8. The van der Waals surface area contributed by atoms with E-state index < -0.39 is 26.3 Å². The van der Waals surface area contributed by atoms with Crippen molar-refractivity contribution in [1.82, 2.24) is 5.32 Å². The lowest BCUT2D eigenvalue weighted by atomic mass is 10.1. The van der Waals surface area contributed by atoms with E-state index in [0.29, 0.717) is 5.56 Å². The molecule has 0 aliphatic carbocycles. The van der Waals surface area contributed by atoms with Crippen LogP contribution in [-0.2, 0) is 9.84 Å². The van der Waals surface area contributed by atoms with Crippen LogP contribution < -0.4 is 5.32 Å². The number of nitrogens with one attached hydrogen (secondary N) is 1. The highest BCUT2D eigenvalue weighted by Crippen LogP contribution is 2.15. The van der Waals surface area contributed by atoms with Crippen molar-refractivity contribution in [1.29, 1.82) is 0 Å². The van der Waals surface area contributed by atoms with Gasteiger partial charge in [0.15, 0.2) is 9.84 Å². The molecule has 1 aromatic carbocycles. The van der Waals surface area contributed by atoms with E-state index in [9.17, 15) is 17.6 Å². The second-order valence-electron chi connectivity index (χ2n) is 5.15. The molecule has 0 fully saturated rings. The topological polar surface area (TPSA) is 63.2 Å². The molecule has 0 spiro atoms. The fourth-order valence-electron chi connectivity index (χ4n) is 1.34. The Hall–Kier alpha value is -1.43. The van der Waals surface area contributed by atoms with Gasteiger partial charge in [-0.1, -0.05) is 12.1 Å². The number of amides is 1. The molecule has 0 radical (unpaired) electrons. The van der Waals surface area contributed by atoms with Crippen LogP contribution in [0, 0.1) is 12.7 Å². The zero-order chi connectivity index (χ0) is 14.8. The van der Waals surface area contributed by atoms with Gasteiger partial charge in [-0.15, -0.1) is 0 Å². The van der Waals surface area contributed by atoms with Crippen molar-refractivity contribution in [3.63, 3.8) is 0 Å². The number of aryl methyl sites for hydroxylation is 1. The average Bonchev–Trinajstić information content (AvgIpc) is 2.28. The van der Waals surface area contributed by atoms with Crippen LogP contribution >= 0.6 is 0 Å². The Morgan fingerprint density at radius 2 is 1.95 bits per heavy atom. The number of carbonyl (C=O) groups excluding carboxylic acids is 1. The van der Waals surface area contributed by atoms with E-state index in [4.69, 9.17) is 0 Å². The summed E-state index contributed by atoms with van der Waals surface area (Å²) in [5, 5.41) is 2.46. The summed E-state index contributed by atoms with van der Waals surface area (Å²) in [6.45, 7) is 4.51. The zero-order valence-electron chi connectivity index (χ0n) is 11.5. The summed E-state index contributed by atoms with van der Waals surface area (Å²) >= 11 is 0. The van der Waals surface area contributed by atoms with Crippen LogP contribution in [0.1, 0.15) is 29.8 Å². The fraction of sp³-hybridized carbons (Fsp3) is 0.462. The summed E-state index contributed by atoms with van der Waals surface area (Å²) < 4.78 is 35.6. The maximum absolute atomic E-state index is 13.7. The molecule has 0 bridgehead atoms. The van der Waals surface area contributed by atoms with Gasteiger partial charge >= 0.3 is 0 Å². The van der Waals surface area contributed by atoms with E-state index in [2.05, 4.69) is 5.32 Å². The minimum atomic E-state index is -3.31. The molecule has 1 amide bonds. The molecule has 0 atom stereocenters. The smallest absolute Gasteiger partial charge is 0.254 e. The van der Waals surface area contributed by atoms with Gasteiger partial charge in [0.25, 0.3) is 5.91 Å². The third kappa shape index (κ3) is 3.53. The molecule has 0 aliphatic rings. The predicted octanol–water partition coefficient (Wildman–Crippen LogP) is 1.69. The van der Waals surface area contributed by atoms with Crippen LogP contribution in [0.2, 0.25) is 0 Å². The Kier molecular flexibility index (Phi) is 4.35. The van der Waals surface area contributed by atoms with E-state index in [0.717, 1.165) is 6.26 Å². The quantitative estimate of drug-likeness (QED) is 0.916. The summed E-state index contributed by atoms with van der Waals surface area (Å²) in [5.41, 5.74) is 0.291. The van der Waals surface area contributed by atoms with Gasteiger partial charge in [0.05, 0.1) is 10.3 Å². The highest BCUT2D eigenvalue weighted by Gasteiger charge is 2.30. The van der Waals surface area contributed by atoms with Crippen LogP contribution in [0.4, 0.5) is 4.39 Å². The Labute approximate surface area is 112 Å². The Balaban J connectivity index is 2.85. The summed E-state index contributed by atoms with van der Waals surface area (Å²) in [6.07, 6.45) is 1.10. The Morgan fingerprint density at radius 3 is 2.47 bits per heavy atom. The standard InChI is InChI=1S/C13H18FNO3S/c1-9-6-5-7-10(11(9)14)12(16)15-8-13(2,3)19(4,17)18/h5-7H,8H2,1-4H3,(H,15,16). The Bertz CT molecular complexity index is 594. The Morgan fingerprint density at radius 1 is 1.37 bits per heavy atom. The number of rotatable bonds is 4. The molecule has 0 saturated carbocycles. The lowest BCUT2D eigenvalue weighted by molar-refractivity contribution is 0.0946. The zero-order valence-corrected chi connectivity index (χ0v) is 12.3. The minimum Gasteiger partial charge on any atom is -0.350 e. The third-order valence-corrected chi connectivity index (χ3v) is 5.27. The normalized spacial score (nSPS) is 12.3. The summed E-state index contributed by atoms with van der Waals surface area (Å²) in [6, 6.07) is 4.51. The SMILES string of the molecule is Cc1cccc(C(=O)NCC(C)(C)S(C)(=O)=O)c1F. The lowest BCUT2D eigenvalue weighted by Crippen LogP contribution is -2.43. The van der Waals surface area contributed by atoms with Crippen molar-refractivity contribution in [2.75, 3.05) is 12.8 Å². The number of hydrogen-bond donors (Lipinski definition) is 1. The first kappa shape index (κ1) is 15.6. The van der Waals surface area contributed by atoms with Gasteiger partial charge in [-0.05, 0) is 32.4 Å². The molecular weight excluding hydrogens is 269 g/mol. The van der Waals surface area contributed by atoms with Crippen molar-refractivity contribution in [2.24, 2.45) is 0 Å². The van der Waals surface area contributed by atoms with Crippen molar-refractivity contribution in [3.8, 4) is 0 Å². The van der Waals surface area contributed by atoms with E-state index in [1.807, 2.05) is 0 Å². The summed E-state index contributed by atoms with van der Waals surface area (Å²) in [7, 11) is -3.31. The maximum atomic E-state index is 13.7. The van der Waals surface area contributed by atoms with Gasteiger partial charge in [-0.25, -0.2) is 12.8 Å². The number of sulfone groups is 1. The molecule has 1 rings (SSSR count). The van der Waals surface area contributed by atoms with E-state index in [1.54, 1.807) is 19.1 Å². The molecule has 0 aliphatic heterocycles. The van der Waals surface area contributed by atoms with Crippen molar-refractivity contribution in [3.05, 3.63) is 35.1 Å². The second kappa shape index (κ2) is 5.28. The molecule has 6 heteroatoms. The van der Waals surface area contributed by atoms with Crippen molar-refractivity contribution >= 4 is 15.7 Å². The predicted molar refractivity (Wildman–Crippen MR) is 72.4 cm³/mol. The highest BCUT2D eigenvalue weighted by atomic mass is 32.2. The molecule has 0 heterocycles. The van der Waals surface area contributed by atoms with E-state index >= 15 is 0 Å². The molecule has 1 aromatic rings. The van der Waals surface area contributed by atoms with Crippen LogP contribution in [0.15, 0.2) is 18.2 Å². The molecule has 0 saturated heterocycles. The molecule has 19 heavy (non-hydrogen) atoms. The van der Waals surface area contributed by atoms with Gasteiger partial charge < -0.3 is 5.32 Å². The molecule has 0 aromatic heterocycles. The van der Waals surface area contributed by atoms with Gasteiger partial charge in [0.1, 0.15) is 5.82 Å². The van der Waals surface area contributed by atoms with E-state index in [1.165, 1.54) is 19.9 Å². The molecule has 106 valence electrons. The van der Waals surface area contributed by atoms with Crippen LogP contribution in [-0.4, -0.2) is 31.9 Å². The lowest BCUT2D eigenvalue weighted by Gasteiger charge is -2.22. The van der Waals surface area contributed by atoms with Crippen molar-refractivity contribution < 1.29 is 17.6 Å². The maximum Gasteiger partial charge on any atom is 0.254 e. The highest BCUT2D eigenvalue weighted by molar-refractivity contribution is 7.92. The first-order valence-corrected chi connectivity index (χ1v) is 7.68. The number of benzene rings is 1. The molecule has 0 unspecified atom stereocenters.